The zero-order valence-corrected chi connectivity index (χ0v) is 35.8. The van der Waals surface area contributed by atoms with Crippen LogP contribution in [0.3, 0.4) is 0 Å². The summed E-state index contributed by atoms with van der Waals surface area (Å²) in [6.07, 6.45) is -44.5. The highest BCUT2D eigenvalue weighted by molar-refractivity contribution is 7.46. The Labute approximate surface area is 373 Å². The standard InChI is InChI=1S/C34H59N2O29P/c1-8(41)35-15-20(46)27(62-32-16(36-9(2)42)28(18(44)11(4-38)58-32)64-33-24(50)21(47)17(43)10(3-37)59-33)14(7-56-66(53,54)55)61-31(15)65-29-19(45)12(5-39)60-34(25(29)51)63-26-13(6-40)57-30(52)23(49)22(26)48/h10-34,37-40,43-52H,3-7H2,1-2H3,(H,35,41)(H,36,42)(H2,53,54,55)/t10-,11-,12-,13-,14-,15-,16-,17+,18+,19-,20-,21+,22-,23-,24-,25+,26-,27-,28-,29+,30-,31+,32+,33+,34+/m1/s1. The van der Waals surface area contributed by atoms with Crippen molar-refractivity contribution in [2.75, 3.05) is 33.0 Å². The molecule has 0 aromatic heterocycles. The van der Waals surface area contributed by atoms with Gasteiger partial charge >= 0.3 is 7.82 Å². The quantitative estimate of drug-likeness (QED) is 0.0602. The molecule has 66 heavy (non-hydrogen) atoms. The Kier molecular flexibility index (Phi) is 19.5. The fourth-order valence-corrected chi connectivity index (χ4v) is 8.33. The molecule has 25 atom stereocenters. The van der Waals surface area contributed by atoms with Crippen molar-refractivity contribution in [3.63, 3.8) is 0 Å². The fraction of sp³-hybridized carbons (Fsp3) is 0.941. The maximum Gasteiger partial charge on any atom is 0.469 e. The lowest BCUT2D eigenvalue weighted by molar-refractivity contribution is -0.380. The van der Waals surface area contributed by atoms with Crippen LogP contribution in [0.2, 0.25) is 0 Å². The number of phosphoric acid groups is 1. The second-order valence-electron chi connectivity index (χ2n) is 16.0. The maximum absolute atomic E-state index is 12.6. The first-order chi connectivity index (χ1) is 31.0. The molecule has 31 nitrogen and oxygen atoms in total. The average Bonchev–Trinajstić information content (AvgIpc) is 3.25. The lowest BCUT2D eigenvalue weighted by Crippen LogP contribution is -2.71. The SMILES string of the molecule is CC(=O)N[C@H]1[C@H](O[C@@H]2[C@H](O)[C@H](O[C@H]3[C@H](O)[C@@H](O)[C@H](O)O[C@@H]3CO)O[C@H](CO)[C@H]2O)O[C@H](COP(=O)(O)O)[C@@H](O[C@@H]2O[C@H](CO)[C@H](O)[C@H](O[C@@H]3O[C@H](CO)[C@H](O)[C@H](O)[C@H]3O)[C@H]2NC(C)=O)[C@@H]1O. The first kappa shape index (κ1) is 55.1. The van der Waals surface area contributed by atoms with Crippen LogP contribution in [0.5, 0.6) is 0 Å². The van der Waals surface area contributed by atoms with Gasteiger partial charge in [-0.3, -0.25) is 14.1 Å². The third-order valence-electron chi connectivity index (χ3n) is 11.3. The average molecular weight is 991 g/mol. The Balaban J connectivity index is 1.47. The molecule has 18 N–H and O–H groups in total. The van der Waals surface area contributed by atoms with Crippen molar-refractivity contribution < 1.29 is 143 Å². The van der Waals surface area contributed by atoms with Gasteiger partial charge in [0.2, 0.25) is 11.8 Å². The van der Waals surface area contributed by atoms with Crippen LogP contribution in [-0.4, -0.2) is 280 Å². The van der Waals surface area contributed by atoms with Crippen LogP contribution in [0.25, 0.3) is 0 Å². The molecule has 5 aliphatic rings. The summed E-state index contributed by atoms with van der Waals surface area (Å²) in [5.41, 5.74) is 0. The van der Waals surface area contributed by atoms with Crippen LogP contribution in [0.4, 0.5) is 0 Å². The molecule has 0 aliphatic carbocycles. The van der Waals surface area contributed by atoms with E-state index in [4.69, 9.17) is 42.6 Å². The number of carbonyl (C=O) groups excluding carboxylic acids is 2. The van der Waals surface area contributed by atoms with Gasteiger partial charge in [0.05, 0.1) is 33.0 Å². The maximum atomic E-state index is 12.6. The molecule has 5 fully saturated rings. The second-order valence-corrected chi connectivity index (χ2v) is 17.3. The third kappa shape index (κ3) is 12.5. The lowest BCUT2D eigenvalue weighted by Gasteiger charge is -2.51. The summed E-state index contributed by atoms with van der Waals surface area (Å²) in [6.45, 7) is -3.13. The van der Waals surface area contributed by atoms with Crippen molar-refractivity contribution in [2.24, 2.45) is 0 Å². The second kappa shape index (κ2) is 23.4. The largest absolute Gasteiger partial charge is 0.469 e. The van der Waals surface area contributed by atoms with Crippen molar-refractivity contribution >= 4 is 19.6 Å². The number of phosphoric ester groups is 1. The summed E-state index contributed by atoms with van der Waals surface area (Å²) in [5, 5.41) is 152. The van der Waals surface area contributed by atoms with Crippen molar-refractivity contribution in [1.82, 2.24) is 10.6 Å². The number of nitrogens with one attached hydrogen (secondary N) is 2. The highest BCUT2D eigenvalue weighted by atomic mass is 31.2. The molecule has 0 unspecified atom stereocenters. The summed E-state index contributed by atoms with van der Waals surface area (Å²) in [5.74, 6) is -1.78. The van der Waals surface area contributed by atoms with Crippen LogP contribution >= 0.6 is 7.82 Å². The molecular formula is C34H59N2O29P. The van der Waals surface area contributed by atoms with Crippen LogP contribution in [0.1, 0.15) is 13.8 Å². The summed E-state index contributed by atoms with van der Waals surface area (Å²) in [4.78, 5) is 44.5. The minimum Gasteiger partial charge on any atom is -0.394 e. The van der Waals surface area contributed by atoms with E-state index in [1.165, 1.54) is 0 Å². The fourth-order valence-electron chi connectivity index (χ4n) is 7.99. The predicted octanol–water partition coefficient (Wildman–Crippen LogP) is -11.5. The van der Waals surface area contributed by atoms with E-state index in [0.29, 0.717) is 0 Å². The molecule has 0 spiro atoms. The van der Waals surface area contributed by atoms with Gasteiger partial charge in [0.15, 0.2) is 31.5 Å². The van der Waals surface area contributed by atoms with Gasteiger partial charge in [-0.15, -0.1) is 0 Å². The molecular weight excluding hydrogens is 931 g/mol. The molecule has 2 amide bonds. The zero-order chi connectivity index (χ0) is 49.1. The molecule has 0 saturated carbocycles. The first-order valence-corrected chi connectivity index (χ1v) is 21.9. The molecule has 384 valence electrons. The molecule has 5 heterocycles. The topological polar surface area (TPSA) is 491 Å². The number of hydrogen-bond donors (Lipinski definition) is 18. The van der Waals surface area contributed by atoms with E-state index in [0.717, 1.165) is 13.8 Å². The van der Waals surface area contributed by atoms with Crippen LogP contribution in [0.15, 0.2) is 0 Å². The van der Waals surface area contributed by atoms with Gasteiger partial charge in [0.25, 0.3) is 0 Å². The number of carbonyl (C=O) groups is 2. The van der Waals surface area contributed by atoms with Crippen molar-refractivity contribution in [2.45, 2.75) is 167 Å². The van der Waals surface area contributed by atoms with E-state index in [9.17, 15) is 95.4 Å². The van der Waals surface area contributed by atoms with Crippen molar-refractivity contribution in [3.05, 3.63) is 0 Å². The Bertz CT molecular complexity index is 1620. The van der Waals surface area contributed by atoms with Crippen LogP contribution < -0.4 is 10.6 Å². The number of aliphatic hydroxyl groups is 14. The van der Waals surface area contributed by atoms with Crippen LogP contribution in [0, 0.1) is 0 Å². The zero-order valence-electron chi connectivity index (χ0n) is 34.9. The normalized spacial score (nSPS) is 47.0. The smallest absolute Gasteiger partial charge is 0.394 e. The van der Waals surface area contributed by atoms with E-state index in [2.05, 4.69) is 15.2 Å². The highest BCUT2D eigenvalue weighted by Crippen LogP contribution is 2.39. The van der Waals surface area contributed by atoms with Gasteiger partial charge < -0.3 is 135 Å². The number of rotatable bonds is 17. The Morgan fingerprint density at radius 1 is 0.455 bits per heavy atom. The van der Waals surface area contributed by atoms with Crippen LogP contribution in [-0.2, 0) is 61.3 Å². The Hall–Kier alpha value is -1.87. The summed E-state index contributed by atoms with van der Waals surface area (Å²) in [7, 11) is -5.42. The van der Waals surface area contributed by atoms with Crippen molar-refractivity contribution in [1.29, 1.82) is 0 Å². The van der Waals surface area contributed by atoms with E-state index in [1.54, 1.807) is 0 Å². The molecule has 0 bridgehead atoms. The minimum atomic E-state index is -5.42. The van der Waals surface area contributed by atoms with E-state index in [1.807, 2.05) is 0 Å². The highest BCUT2D eigenvalue weighted by Gasteiger charge is 2.57. The van der Waals surface area contributed by atoms with E-state index < -0.39 is 206 Å². The summed E-state index contributed by atoms with van der Waals surface area (Å²) < 4.78 is 67.6. The summed E-state index contributed by atoms with van der Waals surface area (Å²) >= 11 is 0. The van der Waals surface area contributed by atoms with Gasteiger partial charge in [-0.2, -0.15) is 0 Å². The van der Waals surface area contributed by atoms with Gasteiger partial charge in [-0.25, -0.2) is 4.57 Å². The minimum absolute atomic E-state index is 0.871. The van der Waals surface area contributed by atoms with Gasteiger partial charge in [-0.1, -0.05) is 0 Å². The molecule has 5 saturated heterocycles. The number of ether oxygens (including phenoxy) is 9. The number of hydrogen-bond acceptors (Lipinski definition) is 27. The van der Waals surface area contributed by atoms with E-state index in [-0.39, 0.29) is 0 Å². The molecule has 0 aromatic carbocycles. The van der Waals surface area contributed by atoms with Crippen molar-refractivity contribution in [3.8, 4) is 0 Å². The molecule has 5 rings (SSSR count). The molecule has 0 aromatic rings. The third-order valence-corrected chi connectivity index (χ3v) is 11.8. The monoisotopic (exact) mass is 990 g/mol. The summed E-state index contributed by atoms with van der Waals surface area (Å²) in [6, 6.07) is -3.67. The Morgan fingerprint density at radius 2 is 0.879 bits per heavy atom. The molecule has 5 aliphatic heterocycles. The molecule has 32 heteroatoms. The Morgan fingerprint density at radius 3 is 1.42 bits per heavy atom. The van der Waals surface area contributed by atoms with E-state index >= 15 is 0 Å². The molecule has 0 radical (unpaired) electrons. The van der Waals surface area contributed by atoms with Gasteiger partial charge in [-0.05, 0) is 0 Å². The number of aliphatic hydroxyl groups excluding tert-OH is 14. The van der Waals surface area contributed by atoms with Gasteiger partial charge in [0, 0.05) is 13.8 Å². The number of amides is 2. The first-order valence-electron chi connectivity index (χ1n) is 20.3. The van der Waals surface area contributed by atoms with Gasteiger partial charge in [0.1, 0.15) is 122 Å². The lowest BCUT2D eigenvalue weighted by atomic mass is 9.93. The predicted molar refractivity (Wildman–Crippen MR) is 201 cm³/mol.